The van der Waals surface area contributed by atoms with E-state index in [2.05, 4.69) is 46.8 Å². The highest BCUT2D eigenvalue weighted by Crippen LogP contribution is 2.45. The summed E-state index contributed by atoms with van der Waals surface area (Å²) < 4.78 is 6.34. The lowest BCUT2D eigenvalue weighted by atomic mass is 10.1. The minimum absolute atomic E-state index is 0.872. The molecule has 0 heterocycles. The molecule has 2 aromatic rings. The zero-order chi connectivity index (χ0) is 12.0. The summed E-state index contributed by atoms with van der Waals surface area (Å²) in [5.41, 5.74) is 5.91. The topological polar surface area (TPSA) is 9.23 Å². The second-order valence-corrected chi connectivity index (χ2v) is 5.00. The van der Waals surface area contributed by atoms with E-state index in [1.807, 2.05) is 12.1 Å². The lowest BCUT2D eigenvalue weighted by Crippen LogP contribution is -1.84. The molecule has 0 fully saturated rings. The highest BCUT2D eigenvalue weighted by atomic mass is 79.9. The number of fused-ring (bicyclic) bond motifs is 3. The van der Waals surface area contributed by atoms with Crippen LogP contribution in [0.25, 0.3) is 16.7 Å². The molecule has 3 rings (SSSR count). The SMILES string of the molecule is C=C1c2cc(Br)ccc2-c2ccc(OC)cc21. The molecular weight excluding hydrogens is 276 g/mol. The van der Waals surface area contributed by atoms with E-state index in [4.69, 9.17) is 4.74 Å². The van der Waals surface area contributed by atoms with E-state index in [0.29, 0.717) is 0 Å². The fourth-order valence-electron chi connectivity index (χ4n) is 2.28. The minimum atomic E-state index is 0.872. The van der Waals surface area contributed by atoms with Crippen LogP contribution in [-0.4, -0.2) is 7.11 Å². The van der Waals surface area contributed by atoms with E-state index in [1.165, 1.54) is 16.7 Å². The number of hydrogen-bond donors (Lipinski definition) is 0. The van der Waals surface area contributed by atoms with Crippen LogP contribution < -0.4 is 4.74 Å². The summed E-state index contributed by atoms with van der Waals surface area (Å²) >= 11 is 3.50. The van der Waals surface area contributed by atoms with E-state index in [-0.39, 0.29) is 0 Å². The maximum absolute atomic E-state index is 5.26. The second kappa shape index (κ2) is 3.74. The van der Waals surface area contributed by atoms with Gasteiger partial charge in [0, 0.05) is 4.47 Å². The van der Waals surface area contributed by atoms with Crippen LogP contribution in [0.3, 0.4) is 0 Å². The summed E-state index contributed by atoms with van der Waals surface area (Å²) in [5, 5.41) is 0. The molecule has 1 aliphatic rings. The van der Waals surface area contributed by atoms with Crippen molar-refractivity contribution in [1.29, 1.82) is 0 Å². The first-order chi connectivity index (χ1) is 8.20. The van der Waals surface area contributed by atoms with Crippen LogP contribution in [0.5, 0.6) is 5.75 Å². The molecule has 1 nitrogen and oxygen atoms in total. The molecule has 0 amide bonds. The minimum Gasteiger partial charge on any atom is -0.497 e. The Morgan fingerprint density at radius 1 is 0.941 bits per heavy atom. The third kappa shape index (κ3) is 1.52. The number of benzene rings is 2. The number of ether oxygens (including phenoxy) is 1. The number of hydrogen-bond acceptors (Lipinski definition) is 1. The van der Waals surface area contributed by atoms with Crippen molar-refractivity contribution in [2.75, 3.05) is 7.11 Å². The molecule has 0 saturated carbocycles. The Hall–Kier alpha value is -1.54. The van der Waals surface area contributed by atoms with Gasteiger partial charge in [-0.1, -0.05) is 34.6 Å². The van der Waals surface area contributed by atoms with Crippen LogP contribution in [0.15, 0.2) is 47.4 Å². The first-order valence-electron chi connectivity index (χ1n) is 5.38. The van der Waals surface area contributed by atoms with Gasteiger partial charge in [-0.05, 0) is 52.1 Å². The zero-order valence-electron chi connectivity index (χ0n) is 9.46. The van der Waals surface area contributed by atoms with Gasteiger partial charge in [-0.15, -0.1) is 0 Å². The second-order valence-electron chi connectivity index (χ2n) is 4.08. The predicted octanol–water partition coefficient (Wildman–Crippen LogP) is 4.50. The van der Waals surface area contributed by atoms with Crippen molar-refractivity contribution in [2.45, 2.75) is 0 Å². The Morgan fingerprint density at radius 3 is 2.29 bits per heavy atom. The zero-order valence-corrected chi connectivity index (χ0v) is 11.0. The number of halogens is 1. The van der Waals surface area contributed by atoms with Crippen LogP contribution in [0, 0.1) is 0 Å². The van der Waals surface area contributed by atoms with Crippen molar-refractivity contribution in [3.8, 4) is 16.9 Å². The maximum Gasteiger partial charge on any atom is 0.119 e. The van der Waals surface area contributed by atoms with Crippen molar-refractivity contribution < 1.29 is 4.74 Å². The molecule has 2 heteroatoms. The Kier molecular flexibility index (Phi) is 2.33. The molecule has 1 aliphatic carbocycles. The maximum atomic E-state index is 5.26. The summed E-state index contributed by atoms with van der Waals surface area (Å²) in [4.78, 5) is 0. The van der Waals surface area contributed by atoms with E-state index < -0.39 is 0 Å². The molecule has 0 radical (unpaired) electrons. The first kappa shape index (κ1) is 10.6. The van der Waals surface area contributed by atoms with Gasteiger partial charge in [-0.25, -0.2) is 0 Å². The van der Waals surface area contributed by atoms with Crippen LogP contribution >= 0.6 is 15.9 Å². The molecular formula is C15H11BrO. The number of rotatable bonds is 1. The highest BCUT2D eigenvalue weighted by molar-refractivity contribution is 9.10. The van der Waals surface area contributed by atoms with Gasteiger partial charge in [0.25, 0.3) is 0 Å². The monoisotopic (exact) mass is 286 g/mol. The van der Waals surface area contributed by atoms with Crippen LogP contribution in [-0.2, 0) is 0 Å². The molecule has 84 valence electrons. The van der Waals surface area contributed by atoms with Gasteiger partial charge in [-0.3, -0.25) is 0 Å². The molecule has 0 aromatic heterocycles. The van der Waals surface area contributed by atoms with E-state index in [0.717, 1.165) is 21.4 Å². The van der Waals surface area contributed by atoms with Gasteiger partial charge in [0.1, 0.15) is 5.75 Å². The summed E-state index contributed by atoms with van der Waals surface area (Å²) in [6, 6.07) is 12.4. The molecule has 0 bridgehead atoms. The highest BCUT2D eigenvalue weighted by Gasteiger charge is 2.22. The van der Waals surface area contributed by atoms with Gasteiger partial charge in [0.05, 0.1) is 7.11 Å². The normalized spacial score (nSPS) is 12.2. The van der Waals surface area contributed by atoms with Gasteiger partial charge in [0.15, 0.2) is 0 Å². The summed E-state index contributed by atoms with van der Waals surface area (Å²) in [6.07, 6.45) is 0. The molecule has 0 unspecified atom stereocenters. The molecule has 0 N–H and O–H groups in total. The summed E-state index contributed by atoms with van der Waals surface area (Å²) in [5.74, 6) is 0.872. The van der Waals surface area contributed by atoms with Crippen LogP contribution in [0.4, 0.5) is 0 Å². The first-order valence-corrected chi connectivity index (χ1v) is 6.17. The molecule has 0 aliphatic heterocycles. The van der Waals surface area contributed by atoms with Gasteiger partial charge in [0.2, 0.25) is 0 Å². The fraction of sp³-hybridized carbons (Fsp3) is 0.0667. The lowest BCUT2D eigenvalue weighted by Gasteiger charge is -2.04. The molecule has 2 aromatic carbocycles. The summed E-state index contributed by atoms with van der Waals surface area (Å²) in [7, 11) is 1.68. The fourth-order valence-corrected chi connectivity index (χ4v) is 2.64. The van der Waals surface area contributed by atoms with E-state index in [1.54, 1.807) is 7.11 Å². The van der Waals surface area contributed by atoms with Gasteiger partial charge >= 0.3 is 0 Å². The van der Waals surface area contributed by atoms with Crippen LogP contribution in [0.2, 0.25) is 0 Å². The largest absolute Gasteiger partial charge is 0.497 e. The third-order valence-corrected chi connectivity index (χ3v) is 3.64. The van der Waals surface area contributed by atoms with E-state index in [9.17, 15) is 0 Å². The average Bonchev–Trinajstić information content (AvgIpc) is 2.62. The molecule has 0 saturated heterocycles. The Labute approximate surface area is 109 Å². The average molecular weight is 287 g/mol. The van der Waals surface area contributed by atoms with Crippen molar-refractivity contribution in [3.05, 3.63) is 58.6 Å². The van der Waals surface area contributed by atoms with Crippen molar-refractivity contribution in [2.24, 2.45) is 0 Å². The Balaban J connectivity index is 2.27. The van der Waals surface area contributed by atoms with Crippen LogP contribution in [0.1, 0.15) is 11.1 Å². The number of methoxy groups -OCH3 is 1. The lowest BCUT2D eigenvalue weighted by molar-refractivity contribution is 0.415. The predicted molar refractivity (Wildman–Crippen MR) is 74.3 cm³/mol. The van der Waals surface area contributed by atoms with Gasteiger partial charge in [-0.2, -0.15) is 0 Å². The Bertz CT molecular complexity index is 629. The molecule has 0 spiro atoms. The van der Waals surface area contributed by atoms with Crippen molar-refractivity contribution >= 4 is 21.5 Å². The Morgan fingerprint density at radius 2 is 1.59 bits per heavy atom. The third-order valence-electron chi connectivity index (χ3n) is 3.15. The smallest absolute Gasteiger partial charge is 0.119 e. The standard InChI is InChI=1S/C15H11BrO/c1-9-14-7-10(16)3-5-12(14)13-6-4-11(17-2)8-15(9)13/h3-8H,1H2,2H3. The van der Waals surface area contributed by atoms with E-state index >= 15 is 0 Å². The van der Waals surface area contributed by atoms with Gasteiger partial charge < -0.3 is 4.74 Å². The quantitative estimate of drug-likeness (QED) is 0.640. The molecule has 0 atom stereocenters. The van der Waals surface area contributed by atoms with Crippen molar-refractivity contribution in [1.82, 2.24) is 0 Å². The molecule has 17 heavy (non-hydrogen) atoms. The van der Waals surface area contributed by atoms with Crippen molar-refractivity contribution in [3.63, 3.8) is 0 Å². The summed E-state index contributed by atoms with van der Waals surface area (Å²) in [6.45, 7) is 4.18.